The van der Waals surface area contributed by atoms with Crippen LogP contribution >= 0.6 is 11.6 Å². The molecule has 2 aliphatic heterocycles. The van der Waals surface area contributed by atoms with Crippen LogP contribution < -0.4 is 4.90 Å². The van der Waals surface area contributed by atoms with E-state index in [9.17, 15) is 4.79 Å². The van der Waals surface area contributed by atoms with Crippen LogP contribution in [0.1, 0.15) is 28.8 Å². The quantitative estimate of drug-likeness (QED) is 0.810. The second-order valence-electron chi connectivity index (χ2n) is 7.26. The number of carbonyl (C=O) groups excluding carboxylic acids is 1. The largest absolute Gasteiger partial charge is 0.356 e. The second kappa shape index (κ2) is 8.28. The predicted octanol–water partition coefficient (Wildman–Crippen LogP) is 3.29. The smallest absolute Gasteiger partial charge is 0.257 e. The number of amides is 1. The van der Waals surface area contributed by atoms with Gasteiger partial charge in [-0.25, -0.2) is 4.98 Å². The Morgan fingerprint density at radius 2 is 1.67 bits per heavy atom. The van der Waals surface area contributed by atoms with Gasteiger partial charge in [-0.3, -0.25) is 9.69 Å². The summed E-state index contributed by atoms with van der Waals surface area (Å²) in [4.78, 5) is 24.2. The van der Waals surface area contributed by atoms with Crippen LogP contribution in [-0.2, 0) is 6.54 Å². The van der Waals surface area contributed by atoms with Crippen LogP contribution in [0.25, 0.3) is 0 Å². The summed E-state index contributed by atoms with van der Waals surface area (Å²) in [5, 5.41) is 0.763. The van der Waals surface area contributed by atoms with E-state index in [1.807, 2.05) is 29.2 Å². The number of rotatable bonds is 4. The predicted molar refractivity (Wildman–Crippen MR) is 108 cm³/mol. The molecule has 27 heavy (non-hydrogen) atoms. The van der Waals surface area contributed by atoms with E-state index in [2.05, 4.69) is 26.9 Å². The van der Waals surface area contributed by atoms with Crippen molar-refractivity contribution in [3.63, 3.8) is 0 Å². The molecular weight excluding hydrogens is 360 g/mol. The molecule has 2 saturated heterocycles. The topological polar surface area (TPSA) is 39.7 Å². The van der Waals surface area contributed by atoms with Gasteiger partial charge in [0, 0.05) is 57.0 Å². The monoisotopic (exact) mass is 384 g/mol. The highest BCUT2D eigenvalue weighted by atomic mass is 35.5. The van der Waals surface area contributed by atoms with E-state index < -0.39 is 0 Å². The zero-order chi connectivity index (χ0) is 18.6. The third kappa shape index (κ3) is 4.25. The van der Waals surface area contributed by atoms with E-state index in [0.29, 0.717) is 0 Å². The molecule has 2 fully saturated rings. The van der Waals surface area contributed by atoms with Gasteiger partial charge in [0.2, 0.25) is 0 Å². The number of hydrogen-bond donors (Lipinski definition) is 0. The number of aromatic nitrogens is 1. The first-order valence-electron chi connectivity index (χ1n) is 9.67. The van der Waals surface area contributed by atoms with Crippen molar-refractivity contribution in [1.29, 1.82) is 0 Å². The Bertz CT molecular complexity index is 781. The molecule has 0 spiro atoms. The Labute approximate surface area is 165 Å². The van der Waals surface area contributed by atoms with Gasteiger partial charge < -0.3 is 9.80 Å². The van der Waals surface area contributed by atoms with Crippen molar-refractivity contribution < 1.29 is 4.79 Å². The van der Waals surface area contributed by atoms with Crippen LogP contribution in [0.2, 0.25) is 5.02 Å². The third-order valence-electron chi connectivity index (χ3n) is 5.40. The number of pyridine rings is 1. The highest BCUT2D eigenvalue weighted by Crippen LogP contribution is 2.24. The molecule has 4 rings (SSSR count). The van der Waals surface area contributed by atoms with E-state index in [1.54, 1.807) is 6.20 Å². The number of benzene rings is 1. The minimum atomic E-state index is 0.108. The van der Waals surface area contributed by atoms with Crippen LogP contribution in [0.15, 0.2) is 42.6 Å². The van der Waals surface area contributed by atoms with E-state index in [-0.39, 0.29) is 5.91 Å². The second-order valence-corrected chi connectivity index (χ2v) is 7.70. The van der Waals surface area contributed by atoms with Gasteiger partial charge in [0.25, 0.3) is 5.91 Å². The van der Waals surface area contributed by atoms with Gasteiger partial charge in [-0.2, -0.15) is 0 Å². The average molecular weight is 385 g/mol. The summed E-state index contributed by atoms with van der Waals surface area (Å²) in [6, 6.07) is 11.8. The van der Waals surface area contributed by atoms with E-state index in [4.69, 9.17) is 11.6 Å². The lowest BCUT2D eigenvalue weighted by Crippen LogP contribution is -2.48. The van der Waals surface area contributed by atoms with Crippen molar-refractivity contribution in [2.24, 2.45) is 0 Å². The van der Waals surface area contributed by atoms with Crippen LogP contribution in [-0.4, -0.2) is 60.0 Å². The number of halogens is 1. The molecule has 1 aromatic carbocycles. The zero-order valence-corrected chi connectivity index (χ0v) is 16.2. The van der Waals surface area contributed by atoms with Crippen LogP contribution in [0.4, 0.5) is 5.82 Å². The van der Waals surface area contributed by atoms with Gasteiger partial charge in [0.15, 0.2) is 0 Å². The normalized spacial score (nSPS) is 18.1. The molecule has 142 valence electrons. The minimum absolute atomic E-state index is 0.108. The Hall–Kier alpha value is -2.11. The maximum atomic E-state index is 13.1. The molecule has 2 aliphatic rings. The maximum absolute atomic E-state index is 13.1. The SMILES string of the molecule is O=C(c1cccnc1N1CCCC1)N1CCN(Cc2ccc(Cl)cc2)CC1. The molecule has 5 nitrogen and oxygen atoms in total. The van der Waals surface area contributed by atoms with Gasteiger partial charge in [-0.05, 0) is 42.7 Å². The maximum Gasteiger partial charge on any atom is 0.257 e. The molecule has 0 atom stereocenters. The van der Waals surface area contributed by atoms with Gasteiger partial charge in [-0.15, -0.1) is 0 Å². The molecule has 1 aromatic heterocycles. The number of hydrogen-bond acceptors (Lipinski definition) is 4. The number of carbonyl (C=O) groups is 1. The summed E-state index contributed by atoms with van der Waals surface area (Å²) in [6.07, 6.45) is 4.13. The van der Waals surface area contributed by atoms with E-state index in [0.717, 1.165) is 62.2 Å². The fourth-order valence-electron chi connectivity index (χ4n) is 3.87. The third-order valence-corrected chi connectivity index (χ3v) is 5.65. The van der Waals surface area contributed by atoms with Crippen LogP contribution in [0, 0.1) is 0 Å². The molecule has 1 amide bonds. The number of anilines is 1. The van der Waals surface area contributed by atoms with Crippen molar-refractivity contribution in [2.45, 2.75) is 19.4 Å². The van der Waals surface area contributed by atoms with E-state index in [1.165, 1.54) is 18.4 Å². The molecular formula is C21H25ClN4O. The van der Waals surface area contributed by atoms with Gasteiger partial charge >= 0.3 is 0 Å². The molecule has 6 heteroatoms. The minimum Gasteiger partial charge on any atom is -0.356 e. The lowest BCUT2D eigenvalue weighted by Gasteiger charge is -2.35. The van der Waals surface area contributed by atoms with Crippen molar-refractivity contribution in [2.75, 3.05) is 44.2 Å². The summed E-state index contributed by atoms with van der Waals surface area (Å²) in [5.41, 5.74) is 1.99. The summed E-state index contributed by atoms with van der Waals surface area (Å²) >= 11 is 5.96. The van der Waals surface area contributed by atoms with Gasteiger partial charge in [-0.1, -0.05) is 23.7 Å². The van der Waals surface area contributed by atoms with Crippen LogP contribution in [0.5, 0.6) is 0 Å². The molecule has 0 saturated carbocycles. The molecule has 0 aliphatic carbocycles. The zero-order valence-electron chi connectivity index (χ0n) is 15.5. The molecule has 0 N–H and O–H groups in total. The Morgan fingerprint density at radius 1 is 0.963 bits per heavy atom. The van der Waals surface area contributed by atoms with E-state index >= 15 is 0 Å². The summed E-state index contributed by atoms with van der Waals surface area (Å²) in [6.45, 7) is 6.15. The average Bonchev–Trinajstić information content (AvgIpc) is 3.24. The fourth-order valence-corrected chi connectivity index (χ4v) is 4.00. The number of piperazine rings is 1. The molecule has 0 bridgehead atoms. The van der Waals surface area contributed by atoms with Crippen molar-refractivity contribution in [1.82, 2.24) is 14.8 Å². The Balaban J connectivity index is 1.38. The first kappa shape index (κ1) is 18.3. The lowest BCUT2D eigenvalue weighted by molar-refractivity contribution is 0.0628. The summed E-state index contributed by atoms with van der Waals surface area (Å²) in [5.74, 6) is 0.958. The molecule has 2 aromatic rings. The van der Waals surface area contributed by atoms with Crippen molar-refractivity contribution in [3.05, 3.63) is 58.7 Å². The molecule has 3 heterocycles. The first-order chi connectivity index (χ1) is 13.2. The summed E-state index contributed by atoms with van der Waals surface area (Å²) < 4.78 is 0. The Kier molecular flexibility index (Phi) is 5.60. The molecule has 0 radical (unpaired) electrons. The molecule has 0 unspecified atom stereocenters. The van der Waals surface area contributed by atoms with Crippen molar-refractivity contribution in [3.8, 4) is 0 Å². The number of nitrogens with zero attached hydrogens (tertiary/aromatic N) is 4. The lowest BCUT2D eigenvalue weighted by atomic mass is 10.1. The summed E-state index contributed by atoms with van der Waals surface area (Å²) in [7, 11) is 0. The Morgan fingerprint density at radius 3 is 2.37 bits per heavy atom. The highest BCUT2D eigenvalue weighted by molar-refractivity contribution is 6.30. The van der Waals surface area contributed by atoms with Gasteiger partial charge in [0.05, 0.1) is 5.56 Å². The first-order valence-corrected chi connectivity index (χ1v) is 10.0. The standard InChI is InChI=1S/C21H25ClN4O/c22-18-7-5-17(6-8-18)16-24-12-14-26(15-13-24)21(27)19-4-3-9-23-20(19)25-10-1-2-11-25/h3-9H,1-2,10-16H2. The van der Waals surface area contributed by atoms with Gasteiger partial charge in [0.1, 0.15) is 5.82 Å². The highest BCUT2D eigenvalue weighted by Gasteiger charge is 2.26. The van der Waals surface area contributed by atoms with Crippen molar-refractivity contribution >= 4 is 23.3 Å². The fraction of sp³-hybridized carbons (Fsp3) is 0.429. The van der Waals surface area contributed by atoms with Crippen LogP contribution in [0.3, 0.4) is 0 Å².